The maximum absolute atomic E-state index is 4.76. The van der Waals surface area contributed by atoms with Gasteiger partial charge in [0.1, 0.15) is 0 Å². The summed E-state index contributed by atoms with van der Waals surface area (Å²) in [6.07, 6.45) is 10.9. The predicted octanol–water partition coefficient (Wildman–Crippen LogP) is 4.64. The van der Waals surface area contributed by atoms with Crippen molar-refractivity contribution >= 4 is 17.6 Å². The third kappa shape index (κ3) is 10.0. The molecule has 0 aliphatic heterocycles. The van der Waals surface area contributed by atoms with Gasteiger partial charge >= 0.3 is 0 Å². The lowest BCUT2D eigenvalue weighted by molar-refractivity contribution is 0.553. The van der Waals surface area contributed by atoms with E-state index in [-0.39, 0.29) is 0 Å². The van der Waals surface area contributed by atoms with Gasteiger partial charge in [-0.15, -0.1) is 0 Å². The number of hydrogen-bond donors (Lipinski definition) is 0. The second kappa shape index (κ2) is 10.2. The Bertz CT molecular complexity index is 110. The smallest absolute Gasteiger partial charge is 0.0322 e. The van der Waals surface area contributed by atoms with E-state index < -0.39 is 0 Å². The molecule has 0 aliphatic rings. The van der Waals surface area contributed by atoms with E-state index in [1.54, 1.807) is 0 Å². The lowest BCUT2D eigenvalue weighted by Crippen LogP contribution is -1.93. The molecule has 0 N–H and O–H groups in total. The van der Waals surface area contributed by atoms with Gasteiger partial charge in [0.2, 0.25) is 0 Å². The van der Waals surface area contributed by atoms with Gasteiger partial charge in [0, 0.05) is 5.37 Å². The standard InChI is InChI=1S/C12H23S/c1-3-4-5-6-7-8-9-10-12(2)11-13/h12H,3-10H2,1-2H3. The normalized spacial score (nSPS) is 12.8. The van der Waals surface area contributed by atoms with Gasteiger partial charge < -0.3 is 0 Å². The van der Waals surface area contributed by atoms with Crippen molar-refractivity contribution in [2.75, 3.05) is 0 Å². The molecule has 0 aromatic heterocycles. The molecule has 1 radical (unpaired) electrons. The minimum absolute atomic E-state index is 0.519. The summed E-state index contributed by atoms with van der Waals surface area (Å²) in [4.78, 5) is 0. The number of unbranched alkanes of at least 4 members (excludes halogenated alkanes) is 6. The summed E-state index contributed by atoms with van der Waals surface area (Å²) >= 11 is 4.76. The Morgan fingerprint density at radius 1 is 1.00 bits per heavy atom. The van der Waals surface area contributed by atoms with Gasteiger partial charge in [0.05, 0.1) is 0 Å². The third-order valence-electron chi connectivity index (χ3n) is 2.44. The summed E-state index contributed by atoms with van der Waals surface area (Å²) in [7, 11) is 0. The molecule has 0 aliphatic carbocycles. The highest BCUT2D eigenvalue weighted by Crippen LogP contribution is 2.11. The Labute approximate surface area is 89.1 Å². The van der Waals surface area contributed by atoms with Crippen LogP contribution in [-0.4, -0.2) is 5.37 Å². The molecule has 1 heteroatoms. The largest absolute Gasteiger partial charge is 0.0834 e. The summed E-state index contributed by atoms with van der Waals surface area (Å²) in [5.41, 5.74) is 0. The highest BCUT2D eigenvalue weighted by Gasteiger charge is 1.97. The average Bonchev–Trinajstić information content (AvgIpc) is 2.16. The van der Waals surface area contributed by atoms with Crippen molar-refractivity contribution in [1.29, 1.82) is 0 Å². The summed E-state index contributed by atoms with van der Waals surface area (Å²) in [6, 6.07) is 0. The molecule has 0 amide bonds. The molecule has 0 fully saturated rings. The Morgan fingerprint density at radius 2 is 1.54 bits per heavy atom. The Hall–Kier alpha value is 0.0900. The van der Waals surface area contributed by atoms with Crippen LogP contribution in [0.4, 0.5) is 0 Å². The maximum atomic E-state index is 4.76. The number of thiocarbonyl (C=S) groups is 1. The first-order chi connectivity index (χ1) is 6.31. The highest BCUT2D eigenvalue weighted by molar-refractivity contribution is 7.79. The van der Waals surface area contributed by atoms with Crippen molar-refractivity contribution in [1.82, 2.24) is 0 Å². The number of rotatable bonds is 9. The van der Waals surface area contributed by atoms with Crippen LogP contribution < -0.4 is 0 Å². The summed E-state index contributed by atoms with van der Waals surface area (Å²) < 4.78 is 0. The van der Waals surface area contributed by atoms with Gasteiger partial charge in [0.25, 0.3) is 0 Å². The molecule has 0 heterocycles. The van der Waals surface area contributed by atoms with E-state index in [1.807, 2.05) is 0 Å². The fourth-order valence-electron chi connectivity index (χ4n) is 1.47. The monoisotopic (exact) mass is 199 g/mol. The molecule has 77 valence electrons. The fraction of sp³-hybridized carbons (Fsp3) is 0.917. The third-order valence-corrected chi connectivity index (χ3v) is 2.84. The summed E-state index contributed by atoms with van der Waals surface area (Å²) in [6.45, 7) is 4.42. The lowest BCUT2D eigenvalue weighted by atomic mass is 10.0. The molecule has 0 saturated heterocycles. The zero-order valence-corrected chi connectivity index (χ0v) is 9.96. The van der Waals surface area contributed by atoms with Gasteiger partial charge in [-0.2, -0.15) is 0 Å². The van der Waals surface area contributed by atoms with Crippen molar-refractivity contribution in [2.24, 2.45) is 5.92 Å². The molecule has 0 rings (SSSR count). The van der Waals surface area contributed by atoms with Crippen LogP contribution in [0.1, 0.15) is 65.2 Å². The van der Waals surface area contributed by atoms with E-state index in [2.05, 4.69) is 19.2 Å². The Kier molecular flexibility index (Phi) is 10.2. The molecule has 1 atom stereocenters. The van der Waals surface area contributed by atoms with Crippen molar-refractivity contribution in [3.05, 3.63) is 0 Å². The van der Waals surface area contributed by atoms with E-state index in [0.29, 0.717) is 5.92 Å². The molecule has 1 unspecified atom stereocenters. The molecular weight excluding hydrogens is 176 g/mol. The van der Waals surface area contributed by atoms with E-state index in [0.717, 1.165) is 0 Å². The van der Waals surface area contributed by atoms with Crippen molar-refractivity contribution in [3.8, 4) is 0 Å². The Balaban J connectivity index is 2.95. The van der Waals surface area contributed by atoms with E-state index >= 15 is 0 Å². The zero-order valence-electron chi connectivity index (χ0n) is 9.14. The first kappa shape index (κ1) is 13.1. The van der Waals surface area contributed by atoms with Crippen LogP contribution in [0.2, 0.25) is 0 Å². The van der Waals surface area contributed by atoms with Crippen LogP contribution >= 0.6 is 12.2 Å². The van der Waals surface area contributed by atoms with Crippen molar-refractivity contribution in [2.45, 2.75) is 65.2 Å². The van der Waals surface area contributed by atoms with Gasteiger partial charge in [0.15, 0.2) is 0 Å². The molecule has 0 saturated carbocycles. The van der Waals surface area contributed by atoms with Crippen LogP contribution in [0.15, 0.2) is 0 Å². The Morgan fingerprint density at radius 3 is 2.08 bits per heavy atom. The van der Waals surface area contributed by atoms with Crippen LogP contribution in [0.3, 0.4) is 0 Å². The zero-order chi connectivity index (χ0) is 9.94. The molecular formula is C12H23S. The second-order valence-electron chi connectivity index (χ2n) is 3.93. The summed E-state index contributed by atoms with van der Waals surface area (Å²) in [5.74, 6) is 0.519. The second-order valence-corrected chi connectivity index (χ2v) is 4.16. The average molecular weight is 199 g/mol. The van der Waals surface area contributed by atoms with Gasteiger partial charge in [-0.25, -0.2) is 0 Å². The van der Waals surface area contributed by atoms with Crippen LogP contribution in [0.25, 0.3) is 0 Å². The molecule has 13 heavy (non-hydrogen) atoms. The molecule has 0 spiro atoms. The SMILES string of the molecule is CCCCCCCCCC(C)[C]=S. The quantitative estimate of drug-likeness (QED) is 0.385. The topological polar surface area (TPSA) is 0 Å². The molecule has 0 aromatic carbocycles. The van der Waals surface area contributed by atoms with Crippen LogP contribution in [0, 0.1) is 5.92 Å². The molecule has 0 nitrogen and oxygen atoms in total. The van der Waals surface area contributed by atoms with Gasteiger partial charge in [-0.05, 0) is 12.3 Å². The van der Waals surface area contributed by atoms with Crippen molar-refractivity contribution in [3.63, 3.8) is 0 Å². The van der Waals surface area contributed by atoms with E-state index in [1.165, 1.54) is 51.4 Å². The van der Waals surface area contributed by atoms with Gasteiger partial charge in [-0.1, -0.05) is 71.0 Å². The highest BCUT2D eigenvalue weighted by atomic mass is 32.1. The molecule has 0 bridgehead atoms. The number of hydrogen-bond acceptors (Lipinski definition) is 1. The van der Waals surface area contributed by atoms with Crippen LogP contribution in [0.5, 0.6) is 0 Å². The van der Waals surface area contributed by atoms with Crippen molar-refractivity contribution < 1.29 is 0 Å². The first-order valence-corrected chi connectivity index (χ1v) is 6.09. The maximum Gasteiger partial charge on any atom is 0.0322 e. The predicted molar refractivity (Wildman–Crippen MR) is 64.4 cm³/mol. The minimum atomic E-state index is 0.519. The van der Waals surface area contributed by atoms with Gasteiger partial charge in [-0.3, -0.25) is 0 Å². The summed E-state index contributed by atoms with van der Waals surface area (Å²) in [5, 5.41) is 2.86. The fourth-order valence-corrected chi connectivity index (χ4v) is 1.58. The molecule has 0 aromatic rings. The van der Waals surface area contributed by atoms with E-state index in [4.69, 9.17) is 12.2 Å². The lowest BCUT2D eigenvalue weighted by Gasteiger charge is -2.03. The van der Waals surface area contributed by atoms with Crippen LogP contribution in [-0.2, 0) is 0 Å². The van der Waals surface area contributed by atoms with E-state index in [9.17, 15) is 0 Å². The first-order valence-electron chi connectivity index (χ1n) is 5.69. The minimum Gasteiger partial charge on any atom is -0.0834 e.